The Balaban J connectivity index is 1.60. The number of hydrogen-bond donors (Lipinski definition) is 1. The number of amides is 2. The lowest BCUT2D eigenvalue weighted by Gasteiger charge is -2.17. The molecule has 2 aromatic rings. The van der Waals surface area contributed by atoms with Crippen LogP contribution in [0.15, 0.2) is 42.5 Å². The molecule has 1 atom stereocenters. The summed E-state index contributed by atoms with van der Waals surface area (Å²) in [5, 5.41) is 2.79. The molecule has 3 rings (SSSR count). The maximum Gasteiger partial charge on any atom is 0.227 e. The van der Waals surface area contributed by atoms with Crippen LogP contribution < -0.4 is 15.0 Å². The number of hydrogen-bond acceptors (Lipinski definition) is 3. The first-order chi connectivity index (χ1) is 12.5. The number of carbonyl (C=O) groups excluding carboxylic acids is 2. The number of methoxy groups -OCH3 is 1. The highest BCUT2D eigenvalue weighted by atomic mass is 35.5. The summed E-state index contributed by atoms with van der Waals surface area (Å²) in [6.45, 7) is 0.549. The van der Waals surface area contributed by atoms with Gasteiger partial charge in [-0.25, -0.2) is 4.39 Å². The Morgan fingerprint density at radius 2 is 2.04 bits per heavy atom. The quantitative estimate of drug-likeness (QED) is 0.872. The van der Waals surface area contributed by atoms with E-state index in [4.69, 9.17) is 16.3 Å². The number of carbonyl (C=O) groups is 2. The van der Waals surface area contributed by atoms with Crippen molar-refractivity contribution in [3.63, 3.8) is 0 Å². The van der Waals surface area contributed by atoms with Gasteiger partial charge in [-0.2, -0.15) is 0 Å². The van der Waals surface area contributed by atoms with Crippen LogP contribution in [0.1, 0.15) is 12.0 Å². The van der Waals surface area contributed by atoms with Crippen LogP contribution in [0.25, 0.3) is 0 Å². The van der Waals surface area contributed by atoms with Crippen molar-refractivity contribution in [3.8, 4) is 5.75 Å². The molecule has 0 aromatic heterocycles. The molecule has 1 aliphatic heterocycles. The smallest absolute Gasteiger partial charge is 0.227 e. The van der Waals surface area contributed by atoms with Crippen molar-refractivity contribution in [2.75, 3.05) is 18.6 Å². The SMILES string of the molecule is COc1ccc(N2C[C@@H](C(=O)NCc3ccc(F)c(Cl)c3)CC2=O)cc1. The lowest BCUT2D eigenvalue weighted by molar-refractivity contribution is -0.126. The fourth-order valence-corrected chi connectivity index (χ4v) is 3.08. The minimum absolute atomic E-state index is 0.0125. The topological polar surface area (TPSA) is 58.6 Å². The number of ether oxygens (including phenoxy) is 1. The predicted molar refractivity (Wildman–Crippen MR) is 96.7 cm³/mol. The molecule has 2 amide bonds. The molecule has 26 heavy (non-hydrogen) atoms. The van der Waals surface area contributed by atoms with Crippen molar-refractivity contribution in [2.24, 2.45) is 5.92 Å². The lowest BCUT2D eigenvalue weighted by Crippen LogP contribution is -2.32. The van der Waals surface area contributed by atoms with Gasteiger partial charge in [-0.3, -0.25) is 9.59 Å². The summed E-state index contributed by atoms with van der Waals surface area (Å²) in [5.41, 5.74) is 1.43. The molecule has 0 spiro atoms. The van der Waals surface area contributed by atoms with Crippen molar-refractivity contribution in [3.05, 3.63) is 58.9 Å². The largest absolute Gasteiger partial charge is 0.497 e. The van der Waals surface area contributed by atoms with Gasteiger partial charge in [0.2, 0.25) is 11.8 Å². The molecule has 1 N–H and O–H groups in total. The summed E-state index contributed by atoms with van der Waals surface area (Å²) in [4.78, 5) is 26.2. The van der Waals surface area contributed by atoms with E-state index in [1.807, 2.05) is 0 Å². The molecular weight excluding hydrogens is 359 g/mol. The molecule has 0 saturated carbocycles. The van der Waals surface area contributed by atoms with Crippen LogP contribution in [0.4, 0.5) is 10.1 Å². The Kier molecular flexibility index (Phi) is 5.42. The van der Waals surface area contributed by atoms with Crippen LogP contribution in [0.3, 0.4) is 0 Å². The monoisotopic (exact) mass is 376 g/mol. The van der Waals surface area contributed by atoms with Gasteiger partial charge in [-0.15, -0.1) is 0 Å². The second-order valence-electron chi connectivity index (χ2n) is 6.07. The number of rotatable bonds is 5. The molecule has 5 nitrogen and oxygen atoms in total. The highest BCUT2D eigenvalue weighted by Crippen LogP contribution is 2.27. The molecule has 0 bridgehead atoms. The van der Waals surface area contributed by atoms with Crippen LogP contribution in [0.2, 0.25) is 5.02 Å². The molecule has 0 unspecified atom stereocenters. The first kappa shape index (κ1) is 18.2. The number of nitrogens with one attached hydrogen (secondary N) is 1. The first-order valence-electron chi connectivity index (χ1n) is 8.14. The summed E-state index contributed by atoms with van der Waals surface area (Å²) in [5.74, 6) is -0.540. The molecule has 2 aromatic carbocycles. The van der Waals surface area contributed by atoms with E-state index in [2.05, 4.69) is 5.32 Å². The summed E-state index contributed by atoms with van der Waals surface area (Å²) in [7, 11) is 1.57. The van der Waals surface area contributed by atoms with Crippen molar-refractivity contribution < 1.29 is 18.7 Å². The van der Waals surface area contributed by atoms with Crippen molar-refractivity contribution in [1.29, 1.82) is 0 Å². The fraction of sp³-hybridized carbons (Fsp3) is 0.263. The van der Waals surface area contributed by atoms with Gasteiger partial charge in [0.05, 0.1) is 18.1 Å². The predicted octanol–water partition coefficient (Wildman–Crippen LogP) is 3.16. The van der Waals surface area contributed by atoms with E-state index in [1.54, 1.807) is 42.3 Å². The molecule has 7 heteroatoms. The Hall–Kier alpha value is -2.60. The summed E-state index contributed by atoms with van der Waals surface area (Å²) >= 11 is 5.74. The molecule has 1 heterocycles. The average Bonchev–Trinajstić information content (AvgIpc) is 3.04. The van der Waals surface area contributed by atoms with Crippen molar-refractivity contribution >= 4 is 29.1 Å². The van der Waals surface area contributed by atoms with Gasteiger partial charge >= 0.3 is 0 Å². The fourth-order valence-electron chi connectivity index (χ4n) is 2.88. The van der Waals surface area contributed by atoms with Gasteiger partial charge in [0.1, 0.15) is 11.6 Å². The lowest BCUT2D eigenvalue weighted by atomic mass is 10.1. The van der Waals surface area contributed by atoms with Crippen LogP contribution in [0.5, 0.6) is 5.75 Å². The number of halogens is 2. The zero-order valence-corrected chi connectivity index (χ0v) is 14.9. The van der Waals surface area contributed by atoms with E-state index in [0.29, 0.717) is 17.9 Å². The Bertz CT molecular complexity index is 826. The van der Waals surface area contributed by atoms with Crippen LogP contribution in [0, 0.1) is 11.7 Å². The highest BCUT2D eigenvalue weighted by molar-refractivity contribution is 6.30. The summed E-state index contributed by atoms with van der Waals surface area (Å²) < 4.78 is 18.3. The second kappa shape index (κ2) is 7.74. The Labute approximate surface area is 155 Å². The average molecular weight is 377 g/mol. The number of benzene rings is 2. The summed E-state index contributed by atoms with van der Waals surface area (Å²) in [6.07, 6.45) is 0.155. The third-order valence-corrected chi connectivity index (χ3v) is 4.62. The van der Waals surface area contributed by atoms with E-state index in [1.165, 1.54) is 12.1 Å². The summed E-state index contributed by atoms with van der Waals surface area (Å²) in [6, 6.07) is 11.4. The molecule has 1 fully saturated rings. The van der Waals surface area contributed by atoms with Gasteiger partial charge in [-0.05, 0) is 42.0 Å². The van der Waals surface area contributed by atoms with Gasteiger partial charge in [-0.1, -0.05) is 17.7 Å². The van der Waals surface area contributed by atoms with Gasteiger partial charge < -0.3 is 15.0 Å². The van der Waals surface area contributed by atoms with Gasteiger partial charge in [0.15, 0.2) is 0 Å². The molecular formula is C19H18ClFN2O3. The van der Waals surface area contributed by atoms with E-state index in [9.17, 15) is 14.0 Å². The minimum atomic E-state index is -0.502. The second-order valence-corrected chi connectivity index (χ2v) is 6.48. The van der Waals surface area contributed by atoms with Crippen LogP contribution in [-0.4, -0.2) is 25.5 Å². The maximum atomic E-state index is 13.2. The van der Waals surface area contributed by atoms with Gasteiger partial charge in [0, 0.05) is 25.2 Å². The van der Waals surface area contributed by atoms with Crippen molar-refractivity contribution in [1.82, 2.24) is 5.32 Å². The molecule has 0 aliphatic carbocycles. The molecule has 1 aliphatic rings. The molecule has 136 valence electrons. The maximum absolute atomic E-state index is 13.2. The van der Waals surface area contributed by atoms with E-state index in [-0.39, 0.29) is 29.8 Å². The zero-order chi connectivity index (χ0) is 18.7. The molecule has 1 saturated heterocycles. The normalized spacial score (nSPS) is 16.7. The number of anilines is 1. The van der Waals surface area contributed by atoms with E-state index in [0.717, 1.165) is 5.69 Å². The van der Waals surface area contributed by atoms with Crippen LogP contribution in [-0.2, 0) is 16.1 Å². The van der Waals surface area contributed by atoms with Crippen LogP contribution >= 0.6 is 11.6 Å². The molecule has 0 radical (unpaired) electrons. The zero-order valence-electron chi connectivity index (χ0n) is 14.2. The Morgan fingerprint density at radius 3 is 2.69 bits per heavy atom. The van der Waals surface area contributed by atoms with E-state index >= 15 is 0 Å². The Morgan fingerprint density at radius 1 is 1.31 bits per heavy atom. The third-order valence-electron chi connectivity index (χ3n) is 4.33. The highest BCUT2D eigenvalue weighted by Gasteiger charge is 2.35. The van der Waals surface area contributed by atoms with E-state index < -0.39 is 11.7 Å². The van der Waals surface area contributed by atoms with Gasteiger partial charge in [0.25, 0.3) is 0 Å². The third kappa shape index (κ3) is 3.96. The van der Waals surface area contributed by atoms with Crippen molar-refractivity contribution in [2.45, 2.75) is 13.0 Å². The minimum Gasteiger partial charge on any atom is -0.497 e. The standard InChI is InChI=1S/C19H18ClFN2O3/c1-26-15-5-3-14(4-6-15)23-11-13(9-18(23)24)19(25)22-10-12-2-7-17(21)16(20)8-12/h2-8,13H,9-11H2,1H3,(H,22,25)/t13-/m0/s1. The number of nitrogens with zero attached hydrogens (tertiary/aromatic N) is 1. The first-order valence-corrected chi connectivity index (χ1v) is 8.52.